The number of carbonyl (C=O) groups is 1. The summed E-state index contributed by atoms with van der Waals surface area (Å²) in [4.78, 5) is 13.0. The molecule has 0 aliphatic heterocycles. The lowest BCUT2D eigenvalue weighted by molar-refractivity contribution is -0.144. The van der Waals surface area contributed by atoms with Gasteiger partial charge in [0.2, 0.25) is 14.9 Å². The molecule has 1 heterocycles. The van der Waals surface area contributed by atoms with Crippen LogP contribution in [0.4, 0.5) is 5.69 Å². The summed E-state index contributed by atoms with van der Waals surface area (Å²) in [5.41, 5.74) is 6.51. The van der Waals surface area contributed by atoms with Gasteiger partial charge in [0, 0.05) is 40.7 Å². The number of halogens is 1. The van der Waals surface area contributed by atoms with Gasteiger partial charge in [-0.3, -0.25) is 4.79 Å². The topological polar surface area (TPSA) is 43.3 Å². The Bertz CT molecular complexity index is 1400. The number of aryl methyl sites for hydroxylation is 1. The molecule has 5 rings (SSSR count). The number of aromatic nitrogens is 1. The van der Waals surface area contributed by atoms with Crippen molar-refractivity contribution in [3.05, 3.63) is 40.0 Å². The van der Waals surface area contributed by atoms with E-state index in [4.69, 9.17) is 4.43 Å². The van der Waals surface area contributed by atoms with Gasteiger partial charge >= 0.3 is 0 Å². The molecule has 3 aliphatic carbocycles. The minimum Gasteiger partial charge on any atom is -0.412 e. The summed E-state index contributed by atoms with van der Waals surface area (Å²) >= 11 is 3.65. The van der Waals surface area contributed by atoms with Gasteiger partial charge in [-0.05, 0) is 132 Å². The molecule has 1 aromatic carbocycles. The van der Waals surface area contributed by atoms with E-state index < -0.39 is 9.04 Å². The molecule has 5 atom stereocenters. The fraction of sp³-hybridized carbons (Fsp3) is 0.711. The normalized spacial score (nSPS) is 28.8. The Morgan fingerprint density at radius 1 is 1.16 bits per heavy atom. The molecule has 44 heavy (non-hydrogen) atoms. The first-order chi connectivity index (χ1) is 20.5. The predicted molar refractivity (Wildman–Crippen MR) is 191 cm³/mol. The van der Waals surface area contributed by atoms with E-state index in [1.165, 1.54) is 38.5 Å². The third-order valence-corrected chi connectivity index (χ3v) is 15.7. The Labute approximate surface area is 278 Å². The van der Waals surface area contributed by atoms with E-state index in [0.29, 0.717) is 35.3 Å². The minimum absolute atomic E-state index is 0.121. The van der Waals surface area contributed by atoms with Gasteiger partial charge in [0.15, 0.2) is 0 Å². The molecule has 6 heteroatoms. The van der Waals surface area contributed by atoms with Crippen LogP contribution in [-0.4, -0.2) is 25.6 Å². The highest BCUT2D eigenvalue weighted by Crippen LogP contribution is 2.65. The Kier molecular flexibility index (Phi) is 9.79. The Balaban J connectivity index is 1.23. The molecule has 4 nitrogen and oxygen atoms in total. The first-order valence-corrected chi connectivity index (χ1v) is 19.6. The molecule has 1 amide bonds. The number of hydrogen-bond donors (Lipinski definition) is 1. The van der Waals surface area contributed by atoms with Crippen LogP contribution >= 0.6 is 15.9 Å². The quantitative estimate of drug-likeness (QED) is 0.222. The van der Waals surface area contributed by atoms with Crippen LogP contribution in [0.3, 0.4) is 0 Å². The molecule has 1 aromatic heterocycles. The molecule has 2 saturated carbocycles. The fourth-order valence-corrected chi connectivity index (χ4v) is 13.7. The summed E-state index contributed by atoms with van der Waals surface area (Å²) in [6.45, 7) is 22.0. The molecular formula is C38H58BrN2O2Si. The first-order valence-electron chi connectivity index (χ1n) is 17.3. The van der Waals surface area contributed by atoms with Gasteiger partial charge < -0.3 is 14.3 Å². The second kappa shape index (κ2) is 12.7. The molecule has 2 fully saturated rings. The van der Waals surface area contributed by atoms with Crippen LogP contribution in [0.15, 0.2) is 40.0 Å². The molecule has 1 N–H and O–H groups in total. The number of benzene rings is 1. The number of amides is 1. The summed E-state index contributed by atoms with van der Waals surface area (Å²) in [5, 5.41) is 4.54. The van der Waals surface area contributed by atoms with Crippen molar-refractivity contribution in [1.82, 2.24) is 4.57 Å². The highest BCUT2D eigenvalue weighted by atomic mass is 79.9. The zero-order chi connectivity index (χ0) is 32.2. The monoisotopic (exact) mass is 681 g/mol. The summed E-state index contributed by atoms with van der Waals surface area (Å²) in [6.07, 6.45) is 12.6. The fourth-order valence-electron chi connectivity index (χ4n) is 10.0. The molecule has 0 saturated heterocycles. The van der Waals surface area contributed by atoms with Crippen LogP contribution in [0, 0.1) is 28.6 Å². The molecule has 1 radical (unpaired) electrons. The Morgan fingerprint density at radius 3 is 2.57 bits per heavy atom. The second-order valence-corrected chi connectivity index (χ2v) is 21.1. The van der Waals surface area contributed by atoms with E-state index in [9.17, 15) is 4.79 Å². The third-order valence-electron chi connectivity index (χ3n) is 12.0. The summed E-state index contributed by atoms with van der Waals surface area (Å²) < 4.78 is 10.4. The Morgan fingerprint density at radius 2 is 1.89 bits per heavy atom. The molecule has 0 bridgehead atoms. The van der Waals surface area contributed by atoms with Gasteiger partial charge in [-0.25, -0.2) is 0 Å². The Hall–Kier alpha value is -1.37. The number of fused-ring (bicyclic) bond motifs is 4. The average Bonchev–Trinajstić information content (AvgIpc) is 3.20. The lowest BCUT2D eigenvalue weighted by atomic mass is 9.43. The maximum absolute atomic E-state index is 13.0. The van der Waals surface area contributed by atoms with Gasteiger partial charge in [0.05, 0.1) is 6.10 Å². The molecular weight excluding hydrogens is 624 g/mol. The summed E-state index contributed by atoms with van der Waals surface area (Å²) in [5.74, 6) is 2.26. The van der Waals surface area contributed by atoms with Gasteiger partial charge in [-0.15, -0.1) is 0 Å². The van der Waals surface area contributed by atoms with Crippen molar-refractivity contribution in [3.63, 3.8) is 0 Å². The van der Waals surface area contributed by atoms with Crippen molar-refractivity contribution in [2.75, 3.05) is 5.32 Å². The van der Waals surface area contributed by atoms with E-state index in [-0.39, 0.29) is 16.4 Å². The molecule has 0 spiro atoms. The largest absolute Gasteiger partial charge is 0.412 e. The first kappa shape index (κ1) is 34.0. The van der Waals surface area contributed by atoms with E-state index >= 15 is 0 Å². The summed E-state index contributed by atoms with van der Waals surface area (Å²) in [6, 6.07) is 6.17. The standard InChI is InChI=1S/C38H58BrN2O2Si/c1-24(2)44(36(4,5)6)43-34-20-21-38(9)30-17-14-25(3)27(28(30)16-19-33(38)37(34,7)8)12-11-13-35(42)40-26-15-18-32-29(22-26)31(39)23-41(32)10/h15,18,22-24,28,30,33-34H,11-14,16-17,19-21H2,1-10H3,(H,40,42)/t28-,30-,33-,34-,38+/m0/s1. The highest BCUT2D eigenvalue weighted by Gasteiger charge is 2.59. The summed E-state index contributed by atoms with van der Waals surface area (Å²) in [7, 11) is 1.11. The SMILES string of the molecule is CC1=C(CCCC(=O)Nc2ccc3c(c2)c(Br)cn3C)[C@@H]2CC[C@H]3C(C)(C)[C@@H](O[Si](C(C)C)C(C)(C)C)CC[C@]3(C)[C@H]2CC1. The number of rotatable bonds is 8. The molecule has 243 valence electrons. The maximum atomic E-state index is 13.0. The van der Waals surface area contributed by atoms with Gasteiger partial charge in [0.25, 0.3) is 0 Å². The second-order valence-electron chi connectivity index (χ2n) is 16.7. The number of hydrogen-bond acceptors (Lipinski definition) is 2. The van der Waals surface area contributed by atoms with Gasteiger partial charge in [-0.1, -0.05) is 66.5 Å². The zero-order valence-corrected chi connectivity index (χ0v) is 31.8. The lowest BCUT2D eigenvalue weighted by Crippen LogP contribution is -2.58. The molecule has 2 aromatic rings. The van der Waals surface area contributed by atoms with Crippen molar-refractivity contribution < 1.29 is 9.22 Å². The van der Waals surface area contributed by atoms with Crippen molar-refractivity contribution in [1.29, 1.82) is 0 Å². The maximum Gasteiger partial charge on any atom is 0.224 e. The number of anilines is 1. The van der Waals surface area contributed by atoms with Crippen LogP contribution in [0.5, 0.6) is 0 Å². The third kappa shape index (κ3) is 6.43. The number of carbonyl (C=O) groups excluding carboxylic acids is 1. The van der Waals surface area contributed by atoms with Crippen LogP contribution < -0.4 is 5.32 Å². The number of allylic oxidation sites excluding steroid dienone is 2. The van der Waals surface area contributed by atoms with E-state index in [1.807, 2.05) is 13.1 Å². The van der Waals surface area contributed by atoms with Crippen LogP contribution in [0.25, 0.3) is 10.9 Å². The lowest BCUT2D eigenvalue weighted by Gasteiger charge is -2.63. The van der Waals surface area contributed by atoms with Crippen LogP contribution in [-0.2, 0) is 16.3 Å². The zero-order valence-electron chi connectivity index (χ0n) is 29.2. The molecule has 0 unspecified atom stereocenters. The average molecular weight is 683 g/mol. The van der Waals surface area contributed by atoms with E-state index in [0.717, 1.165) is 39.8 Å². The van der Waals surface area contributed by atoms with Crippen molar-refractivity contribution in [2.45, 2.75) is 137 Å². The van der Waals surface area contributed by atoms with Gasteiger partial charge in [0.1, 0.15) is 0 Å². The highest BCUT2D eigenvalue weighted by molar-refractivity contribution is 9.10. The predicted octanol–water partition coefficient (Wildman–Crippen LogP) is 11.2. The smallest absolute Gasteiger partial charge is 0.224 e. The van der Waals surface area contributed by atoms with E-state index in [2.05, 4.69) is 106 Å². The number of nitrogens with zero attached hydrogens (tertiary/aromatic N) is 1. The van der Waals surface area contributed by atoms with Crippen LogP contribution in [0.1, 0.15) is 120 Å². The molecule has 3 aliphatic rings. The number of nitrogens with one attached hydrogen (secondary N) is 1. The van der Waals surface area contributed by atoms with Gasteiger partial charge in [-0.2, -0.15) is 0 Å². The van der Waals surface area contributed by atoms with Crippen molar-refractivity contribution >= 4 is 47.5 Å². The van der Waals surface area contributed by atoms with E-state index in [1.54, 1.807) is 11.1 Å². The van der Waals surface area contributed by atoms with Crippen molar-refractivity contribution in [2.24, 2.45) is 35.6 Å². The van der Waals surface area contributed by atoms with Crippen LogP contribution in [0.2, 0.25) is 10.6 Å². The van der Waals surface area contributed by atoms with Crippen molar-refractivity contribution in [3.8, 4) is 0 Å². The minimum atomic E-state index is -0.933.